The number of benzene rings is 1. The van der Waals surface area contributed by atoms with Crippen LogP contribution in [0.1, 0.15) is 17.3 Å². The molecule has 13 nitrogen and oxygen atoms in total. The minimum absolute atomic E-state index is 0.0424. The molecule has 1 aliphatic heterocycles. The lowest BCUT2D eigenvalue weighted by atomic mass is 10.1. The average molecular weight is 526 g/mol. The van der Waals surface area contributed by atoms with E-state index in [2.05, 4.69) is 25.5 Å². The van der Waals surface area contributed by atoms with E-state index in [1.54, 1.807) is 25.1 Å². The average Bonchev–Trinajstić information content (AvgIpc) is 2.92. The molecule has 0 saturated carbocycles. The summed E-state index contributed by atoms with van der Waals surface area (Å²) >= 11 is 0. The van der Waals surface area contributed by atoms with Gasteiger partial charge < -0.3 is 30.6 Å². The Hall–Kier alpha value is -4.23. The number of nitrogens with one attached hydrogen (secondary N) is 2. The molecule has 3 heterocycles. The van der Waals surface area contributed by atoms with Crippen molar-refractivity contribution in [3.05, 3.63) is 46.5 Å². The van der Waals surface area contributed by atoms with E-state index in [0.29, 0.717) is 42.8 Å². The van der Waals surface area contributed by atoms with Crippen LogP contribution in [0.4, 0.5) is 11.8 Å². The number of anilines is 2. The number of amides is 2. The van der Waals surface area contributed by atoms with Gasteiger partial charge in [0.05, 0.1) is 31.3 Å². The number of hydrogen-bond donors (Lipinski definition) is 3. The largest absolute Gasteiger partial charge is 0.492 e. The Morgan fingerprint density at radius 1 is 1.16 bits per heavy atom. The molecule has 38 heavy (non-hydrogen) atoms. The molecule has 3 aromatic rings. The molecular formula is C25H31N7O6. The number of fused-ring (bicyclic) bond motifs is 1. The lowest BCUT2D eigenvalue weighted by molar-refractivity contribution is -0.123. The smallest absolute Gasteiger partial charge is 0.260 e. The van der Waals surface area contributed by atoms with E-state index >= 15 is 0 Å². The molecule has 202 valence electrons. The third kappa shape index (κ3) is 6.18. The van der Waals surface area contributed by atoms with Gasteiger partial charge in [0.1, 0.15) is 5.82 Å². The van der Waals surface area contributed by atoms with Crippen LogP contribution < -0.4 is 31.4 Å². The lowest BCUT2D eigenvalue weighted by Gasteiger charge is -2.26. The molecule has 0 atom stereocenters. The summed E-state index contributed by atoms with van der Waals surface area (Å²) < 4.78 is 18.1. The number of nitrogen functional groups attached to an aromatic ring is 1. The number of aromatic nitrogens is 3. The first kappa shape index (κ1) is 26.8. The maximum atomic E-state index is 13.2. The van der Waals surface area contributed by atoms with Crippen molar-refractivity contribution >= 4 is 34.4 Å². The highest BCUT2D eigenvalue weighted by Crippen LogP contribution is 2.35. The van der Waals surface area contributed by atoms with Crippen LogP contribution in [-0.2, 0) is 16.1 Å². The van der Waals surface area contributed by atoms with Gasteiger partial charge in [-0.15, -0.1) is 0 Å². The van der Waals surface area contributed by atoms with Crippen LogP contribution in [0.2, 0.25) is 0 Å². The van der Waals surface area contributed by atoms with E-state index in [-0.39, 0.29) is 41.2 Å². The molecule has 4 N–H and O–H groups in total. The molecule has 0 spiro atoms. The molecule has 1 aliphatic rings. The molecule has 1 saturated heterocycles. The molecule has 0 radical (unpaired) electrons. The van der Waals surface area contributed by atoms with Crippen LogP contribution in [0.25, 0.3) is 10.8 Å². The highest BCUT2D eigenvalue weighted by molar-refractivity contribution is 6.04. The summed E-state index contributed by atoms with van der Waals surface area (Å²) in [6, 6.07) is 4.83. The summed E-state index contributed by atoms with van der Waals surface area (Å²) in [6.07, 6.45) is 2.59. The van der Waals surface area contributed by atoms with E-state index < -0.39 is 5.91 Å². The molecule has 4 rings (SSSR count). The number of rotatable bonds is 10. The lowest BCUT2D eigenvalue weighted by Crippen LogP contribution is -2.42. The van der Waals surface area contributed by atoms with Gasteiger partial charge in [0.15, 0.2) is 18.1 Å². The topological polar surface area (TPSA) is 163 Å². The maximum Gasteiger partial charge on any atom is 0.260 e. The highest BCUT2D eigenvalue weighted by Gasteiger charge is 2.18. The Balaban J connectivity index is 1.51. The third-order valence-corrected chi connectivity index (χ3v) is 6.12. The highest BCUT2D eigenvalue weighted by atomic mass is 16.5. The van der Waals surface area contributed by atoms with Crippen molar-refractivity contribution in [1.29, 1.82) is 0 Å². The predicted molar refractivity (Wildman–Crippen MR) is 141 cm³/mol. The number of nitrogens with two attached hydrogens (primary N) is 1. The molecule has 2 aromatic heterocycles. The van der Waals surface area contributed by atoms with Crippen molar-refractivity contribution in [2.75, 3.05) is 64.2 Å². The van der Waals surface area contributed by atoms with Gasteiger partial charge in [-0.05, 0) is 25.1 Å². The predicted octanol–water partition coefficient (Wildman–Crippen LogP) is 0.482. The summed E-state index contributed by atoms with van der Waals surface area (Å²) in [5.74, 6) is 0.0759. The van der Waals surface area contributed by atoms with Gasteiger partial charge in [0, 0.05) is 50.5 Å². The number of carbonyl (C=O) groups excluding carboxylic acids is 2. The number of pyridine rings is 1. The summed E-state index contributed by atoms with van der Waals surface area (Å²) in [5, 5.41) is 6.38. The number of methoxy groups -OCH3 is 1. The fraction of sp³-hybridized carbons (Fsp3) is 0.400. The minimum Gasteiger partial charge on any atom is -0.492 e. The maximum absolute atomic E-state index is 13.2. The number of carbonyl (C=O) groups is 2. The van der Waals surface area contributed by atoms with Gasteiger partial charge in [-0.2, -0.15) is 0 Å². The Morgan fingerprint density at radius 3 is 2.58 bits per heavy atom. The summed E-state index contributed by atoms with van der Waals surface area (Å²) in [6.45, 7) is 6.19. The zero-order valence-corrected chi connectivity index (χ0v) is 21.4. The van der Waals surface area contributed by atoms with Crippen molar-refractivity contribution in [3.63, 3.8) is 0 Å². The van der Waals surface area contributed by atoms with Crippen molar-refractivity contribution in [1.82, 2.24) is 24.8 Å². The molecule has 2 amide bonds. The zero-order valence-electron chi connectivity index (χ0n) is 21.4. The summed E-state index contributed by atoms with van der Waals surface area (Å²) in [5.41, 5.74) is 5.35. The van der Waals surface area contributed by atoms with Gasteiger partial charge in [0.25, 0.3) is 17.4 Å². The quantitative estimate of drug-likeness (QED) is 0.339. The fourth-order valence-electron chi connectivity index (χ4n) is 4.14. The Morgan fingerprint density at radius 2 is 1.89 bits per heavy atom. The van der Waals surface area contributed by atoms with Gasteiger partial charge in [-0.3, -0.25) is 23.9 Å². The van der Waals surface area contributed by atoms with Crippen LogP contribution in [0.5, 0.6) is 11.5 Å². The summed E-state index contributed by atoms with van der Waals surface area (Å²) in [7, 11) is 1.44. The van der Waals surface area contributed by atoms with E-state index in [1.807, 2.05) is 0 Å². The molecule has 13 heteroatoms. The molecule has 0 bridgehead atoms. The summed E-state index contributed by atoms with van der Waals surface area (Å²) in [4.78, 5) is 48.2. The second kappa shape index (κ2) is 12.3. The second-order valence-corrected chi connectivity index (χ2v) is 8.51. The Labute approximate surface area is 218 Å². The van der Waals surface area contributed by atoms with Gasteiger partial charge >= 0.3 is 0 Å². The van der Waals surface area contributed by atoms with Crippen molar-refractivity contribution in [3.8, 4) is 11.5 Å². The van der Waals surface area contributed by atoms with Gasteiger partial charge in [-0.25, -0.2) is 9.97 Å². The first-order valence-corrected chi connectivity index (χ1v) is 12.2. The molecule has 1 fully saturated rings. The van der Waals surface area contributed by atoms with Crippen LogP contribution in [-0.4, -0.2) is 84.4 Å². The first-order valence-electron chi connectivity index (χ1n) is 12.2. The second-order valence-electron chi connectivity index (χ2n) is 8.51. The number of nitrogens with zero attached hydrogens (tertiary/aromatic N) is 4. The van der Waals surface area contributed by atoms with E-state index in [9.17, 15) is 14.4 Å². The SMILES string of the molecule is CCn1c(NC(=O)c2cnc(N)nc2)cc2c(OC)c(OCC(=O)NCCN3CCOCC3)ccc2c1=O. The first-order chi connectivity index (χ1) is 18.4. The fourth-order valence-corrected chi connectivity index (χ4v) is 4.14. The molecular weight excluding hydrogens is 494 g/mol. The van der Waals surface area contributed by atoms with Crippen molar-refractivity contribution in [2.24, 2.45) is 0 Å². The van der Waals surface area contributed by atoms with Crippen LogP contribution in [0.3, 0.4) is 0 Å². The van der Waals surface area contributed by atoms with Crippen molar-refractivity contribution in [2.45, 2.75) is 13.5 Å². The van der Waals surface area contributed by atoms with E-state index in [4.69, 9.17) is 19.9 Å². The van der Waals surface area contributed by atoms with Crippen LogP contribution in [0, 0.1) is 0 Å². The van der Waals surface area contributed by atoms with Crippen LogP contribution in [0.15, 0.2) is 35.4 Å². The third-order valence-electron chi connectivity index (χ3n) is 6.12. The number of morpholine rings is 1. The Bertz CT molecular complexity index is 1350. The van der Waals surface area contributed by atoms with Crippen LogP contribution >= 0.6 is 0 Å². The monoisotopic (exact) mass is 525 g/mol. The number of hydrogen-bond acceptors (Lipinski definition) is 10. The molecule has 0 unspecified atom stereocenters. The number of ether oxygens (including phenoxy) is 3. The standard InChI is InChI=1S/C25H31N7O6/c1-3-32-20(30-23(34)16-13-28-25(26)29-14-16)12-18-17(24(32)35)4-5-19(22(18)36-2)38-15-21(33)27-6-7-31-8-10-37-11-9-31/h4-5,12-14H,3,6-11,15H2,1-2H3,(H,27,33)(H,30,34)(H2,26,28,29). The van der Waals surface area contributed by atoms with E-state index in [1.165, 1.54) is 24.1 Å². The van der Waals surface area contributed by atoms with Crippen molar-refractivity contribution < 1.29 is 23.8 Å². The molecule has 1 aromatic carbocycles. The van der Waals surface area contributed by atoms with Gasteiger partial charge in [-0.1, -0.05) is 0 Å². The van der Waals surface area contributed by atoms with E-state index in [0.717, 1.165) is 19.6 Å². The van der Waals surface area contributed by atoms with Gasteiger partial charge in [0.2, 0.25) is 5.95 Å². The molecule has 0 aliphatic carbocycles. The zero-order chi connectivity index (χ0) is 27.1. The minimum atomic E-state index is -0.508. The Kier molecular flexibility index (Phi) is 8.71. The normalized spacial score (nSPS) is 13.7.